The summed E-state index contributed by atoms with van der Waals surface area (Å²) in [6.07, 6.45) is 0. The van der Waals surface area contributed by atoms with E-state index < -0.39 is 0 Å². The standard InChI is InChI=1S/C15H13BrClNO2/c1-2-20-12-6-3-10(4-7-12)15(19)18-11-5-8-13(16)14(17)9-11/h3-9H,2H2,1H3,(H,18,19). The van der Waals surface area contributed by atoms with E-state index in [9.17, 15) is 4.79 Å². The number of rotatable bonds is 4. The Labute approximate surface area is 131 Å². The molecular formula is C15H13BrClNO2. The Morgan fingerprint density at radius 2 is 1.95 bits per heavy atom. The first-order valence-corrected chi connectivity index (χ1v) is 7.26. The molecule has 0 fully saturated rings. The lowest BCUT2D eigenvalue weighted by molar-refractivity contribution is 0.102. The van der Waals surface area contributed by atoms with Gasteiger partial charge in [-0.15, -0.1) is 0 Å². The van der Waals surface area contributed by atoms with Crippen molar-refractivity contribution in [2.24, 2.45) is 0 Å². The van der Waals surface area contributed by atoms with Crippen LogP contribution in [0.2, 0.25) is 5.02 Å². The van der Waals surface area contributed by atoms with Crippen LogP contribution in [0.4, 0.5) is 5.69 Å². The second kappa shape index (κ2) is 6.77. The van der Waals surface area contributed by atoms with Crippen LogP contribution >= 0.6 is 27.5 Å². The minimum atomic E-state index is -0.188. The molecule has 0 radical (unpaired) electrons. The topological polar surface area (TPSA) is 38.3 Å². The van der Waals surface area contributed by atoms with Crippen LogP contribution in [0.5, 0.6) is 5.75 Å². The summed E-state index contributed by atoms with van der Waals surface area (Å²) < 4.78 is 6.12. The summed E-state index contributed by atoms with van der Waals surface area (Å²) >= 11 is 9.29. The predicted octanol–water partition coefficient (Wildman–Crippen LogP) is 4.75. The molecule has 0 atom stereocenters. The molecule has 0 heterocycles. The lowest BCUT2D eigenvalue weighted by Crippen LogP contribution is -2.11. The van der Waals surface area contributed by atoms with Crippen LogP contribution in [0.25, 0.3) is 0 Å². The van der Waals surface area contributed by atoms with Gasteiger partial charge in [-0.1, -0.05) is 11.6 Å². The van der Waals surface area contributed by atoms with Gasteiger partial charge in [-0.25, -0.2) is 0 Å². The van der Waals surface area contributed by atoms with Crippen molar-refractivity contribution in [2.75, 3.05) is 11.9 Å². The number of amides is 1. The Morgan fingerprint density at radius 3 is 2.55 bits per heavy atom. The van der Waals surface area contributed by atoms with Crippen molar-refractivity contribution in [2.45, 2.75) is 6.92 Å². The van der Waals surface area contributed by atoms with E-state index in [1.165, 1.54) is 0 Å². The monoisotopic (exact) mass is 353 g/mol. The Balaban J connectivity index is 2.09. The highest BCUT2D eigenvalue weighted by atomic mass is 79.9. The molecule has 0 aliphatic heterocycles. The summed E-state index contributed by atoms with van der Waals surface area (Å²) in [6.45, 7) is 2.51. The van der Waals surface area contributed by atoms with Crippen molar-refractivity contribution in [1.82, 2.24) is 0 Å². The number of ether oxygens (including phenoxy) is 1. The highest BCUT2D eigenvalue weighted by Crippen LogP contribution is 2.25. The van der Waals surface area contributed by atoms with E-state index in [-0.39, 0.29) is 5.91 Å². The lowest BCUT2D eigenvalue weighted by atomic mass is 10.2. The van der Waals surface area contributed by atoms with E-state index in [0.29, 0.717) is 22.9 Å². The normalized spacial score (nSPS) is 10.2. The molecule has 2 aromatic carbocycles. The van der Waals surface area contributed by atoms with Gasteiger partial charge in [0.2, 0.25) is 0 Å². The summed E-state index contributed by atoms with van der Waals surface area (Å²) in [5.41, 5.74) is 1.21. The predicted molar refractivity (Wildman–Crippen MR) is 84.7 cm³/mol. The SMILES string of the molecule is CCOc1ccc(C(=O)Nc2ccc(Br)c(Cl)c2)cc1. The van der Waals surface area contributed by atoms with E-state index in [1.54, 1.807) is 42.5 Å². The molecule has 0 unspecified atom stereocenters. The van der Waals surface area contributed by atoms with Gasteiger partial charge in [0, 0.05) is 15.7 Å². The third-order valence-corrected chi connectivity index (χ3v) is 3.84. The number of carbonyl (C=O) groups is 1. The quantitative estimate of drug-likeness (QED) is 0.860. The highest BCUT2D eigenvalue weighted by Gasteiger charge is 2.07. The molecule has 0 aromatic heterocycles. The van der Waals surface area contributed by atoms with E-state index in [2.05, 4.69) is 21.2 Å². The Morgan fingerprint density at radius 1 is 1.25 bits per heavy atom. The average Bonchev–Trinajstić information content (AvgIpc) is 2.44. The van der Waals surface area contributed by atoms with Crippen LogP contribution < -0.4 is 10.1 Å². The van der Waals surface area contributed by atoms with Crippen molar-refractivity contribution in [3.8, 4) is 5.75 Å². The van der Waals surface area contributed by atoms with Crippen molar-refractivity contribution < 1.29 is 9.53 Å². The zero-order chi connectivity index (χ0) is 14.5. The molecule has 1 amide bonds. The first kappa shape index (κ1) is 14.9. The third kappa shape index (κ3) is 3.74. The molecule has 0 aliphatic rings. The minimum Gasteiger partial charge on any atom is -0.494 e. The summed E-state index contributed by atoms with van der Waals surface area (Å²) in [7, 11) is 0. The molecule has 20 heavy (non-hydrogen) atoms. The Kier molecular flexibility index (Phi) is 5.04. The summed E-state index contributed by atoms with van der Waals surface area (Å²) in [5, 5.41) is 3.34. The number of anilines is 1. The number of hydrogen-bond donors (Lipinski definition) is 1. The van der Waals surface area contributed by atoms with Crippen molar-refractivity contribution in [3.05, 3.63) is 57.5 Å². The molecule has 5 heteroatoms. The van der Waals surface area contributed by atoms with Crippen LogP contribution in [0, 0.1) is 0 Å². The zero-order valence-electron chi connectivity index (χ0n) is 10.8. The molecule has 0 saturated carbocycles. The fraction of sp³-hybridized carbons (Fsp3) is 0.133. The number of halogens is 2. The van der Waals surface area contributed by atoms with Crippen molar-refractivity contribution >= 4 is 39.1 Å². The van der Waals surface area contributed by atoms with Gasteiger partial charge in [0.1, 0.15) is 5.75 Å². The molecule has 104 valence electrons. The van der Waals surface area contributed by atoms with Crippen LogP contribution in [-0.2, 0) is 0 Å². The summed E-state index contributed by atoms with van der Waals surface area (Å²) in [4.78, 5) is 12.1. The van der Waals surface area contributed by atoms with Gasteiger partial charge in [-0.05, 0) is 65.3 Å². The second-order valence-electron chi connectivity index (χ2n) is 4.04. The molecule has 0 saturated heterocycles. The molecular weight excluding hydrogens is 342 g/mol. The molecule has 0 aliphatic carbocycles. The van der Waals surface area contributed by atoms with Crippen molar-refractivity contribution in [3.63, 3.8) is 0 Å². The van der Waals surface area contributed by atoms with Gasteiger partial charge in [-0.2, -0.15) is 0 Å². The fourth-order valence-electron chi connectivity index (χ4n) is 1.65. The number of benzene rings is 2. The van der Waals surface area contributed by atoms with Gasteiger partial charge < -0.3 is 10.1 Å². The summed E-state index contributed by atoms with van der Waals surface area (Å²) in [6, 6.07) is 12.2. The minimum absolute atomic E-state index is 0.188. The molecule has 0 spiro atoms. The second-order valence-corrected chi connectivity index (χ2v) is 5.30. The number of nitrogens with one attached hydrogen (secondary N) is 1. The highest BCUT2D eigenvalue weighted by molar-refractivity contribution is 9.10. The Hall–Kier alpha value is -1.52. The maximum Gasteiger partial charge on any atom is 0.255 e. The first-order chi connectivity index (χ1) is 9.60. The number of hydrogen-bond acceptors (Lipinski definition) is 2. The molecule has 2 rings (SSSR count). The molecule has 3 nitrogen and oxygen atoms in total. The van der Waals surface area contributed by atoms with Crippen LogP contribution in [0.15, 0.2) is 46.9 Å². The largest absolute Gasteiger partial charge is 0.494 e. The number of carbonyl (C=O) groups excluding carboxylic acids is 1. The maximum atomic E-state index is 12.1. The first-order valence-electron chi connectivity index (χ1n) is 6.09. The molecule has 0 bridgehead atoms. The Bertz CT molecular complexity index is 614. The maximum absolute atomic E-state index is 12.1. The fourth-order valence-corrected chi connectivity index (χ4v) is 2.07. The molecule has 2 aromatic rings. The van der Waals surface area contributed by atoms with Gasteiger partial charge in [-0.3, -0.25) is 4.79 Å². The lowest BCUT2D eigenvalue weighted by Gasteiger charge is -2.07. The van der Waals surface area contributed by atoms with E-state index in [0.717, 1.165) is 10.2 Å². The van der Waals surface area contributed by atoms with Gasteiger partial charge in [0.05, 0.1) is 11.6 Å². The van der Waals surface area contributed by atoms with E-state index in [1.807, 2.05) is 6.92 Å². The van der Waals surface area contributed by atoms with E-state index in [4.69, 9.17) is 16.3 Å². The molecule has 1 N–H and O–H groups in total. The van der Waals surface area contributed by atoms with Crippen LogP contribution in [-0.4, -0.2) is 12.5 Å². The van der Waals surface area contributed by atoms with Gasteiger partial charge in [0.15, 0.2) is 0 Å². The average molecular weight is 355 g/mol. The van der Waals surface area contributed by atoms with Crippen molar-refractivity contribution in [1.29, 1.82) is 0 Å². The zero-order valence-corrected chi connectivity index (χ0v) is 13.2. The van der Waals surface area contributed by atoms with Crippen LogP contribution in [0.3, 0.4) is 0 Å². The summed E-state index contributed by atoms with van der Waals surface area (Å²) in [5.74, 6) is 0.558. The third-order valence-electron chi connectivity index (χ3n) is 2.60. The van der Waals surface area contributed by atoms with E-state index >= 15 is 0 Å². The van der Waals surface area contributed by atoms with Crippen LogP contribution in [0.1, 0.15) is 17.3 Å². The smallest absolute Gasteiger partial charge is 0.255 e. The van der Waals surface area contributed by atoms with Gasteiger partial charge in [0.25, 0.3) is 5.91 Å². The van der Waals surface area contributed by atoms with Gasteiger partial charge >= 0.3 is 0 Å².